The van der Waals surface area contributed by atoms with E-state index in [1.54, 1.807) is 44.4 Å². The number of anilines is 1. The Balaban J connectivity index is 3.09. The molecule has 2 N–H and O–H groups in total. The van der Waals surface area contributed by atoms with Crippen LogP contribution in [0.25, 0.3) is 0 Å². The maximum absolute atomic E-state index is 12.3. The molecule has 19 heavy (non-hydrogen) atoms. The van der Waals surface area contributed by atoms with Gasteiger partial charge in [-0.1, -0.05) is 6.92 Å². The summed E-state index contributed by atoms with van der Waals surface area (Å²) >= 11 is 0. The van der Waals surface area contributed by atoms with Crippen molar-refractivity contribution in [1.82, 2.24) is 0 Å². The van der Waals surface area contributed by atoms with Crippen LogP contribution in [0.4, 0.5) is 5.69 Å². The quantitative estimate of drug-likeness (QED) is 0.850. The molecular weight excluding hydrogens is 244 g/mol. The molecule has 1 amide bonds. The fraction of sp³-hybridized carbons (Fsp3) is 0.500. The largest absolute Gasteiger partial charge is 0.497 e. The van der Waals surface area contributed by atoms with Gasteiger partial charge >= 0.3 is 0 Å². The Morgan fingerprint density at radius 1 is 1.37 bits per heavy atom. The van der Waals surface area contributed by atoms with E-state index in [2.05, 4.69) is 0 Å². The lowest BCUT2D eigenvalue weighted by Crippen LogP contribution is -2.36. The van der Waals surface area contributed by atoms with E-state index in [1.807, 2.05) is 6.92 Å². The van der Waals surface area contributed by atoms with Crippen molar-refractivity contribution in [3.05, 3.63) is 18.2 Å². The summed E-state index contributed by atoms with van der Waals surface area (Å²) in [4.78, 5) is 13.9. The summed E-state index contributed by atoms with van der Waals surface area (Å²) < 4.78 is 10.5. The minimum absolute atomic E-state index is 0.0171. The Hall–Kier alpha value is -1.75. The molecule has 0 radical (unpaired) electrons. The first-order valence-corrected chi connectivity index (χ1v) is 6.28. The van der Waals surface area contributed by atoms with Crippen molar-refractivity contribution in [3.8, 4) is 11.5 Å². The van der Waals surface area contributed by atoms with Gasteiger partial charge in [0.25, 0.3) is 0 Å². The second-order valence-corrected chi connectivity index (χ2v) is 4.28. The third-order valence-electron chi connectivity index (χ3n) is 3.20. The van der Waals surface area contributed by atoms with Crippen LogP contribution in [0.15, 0.2) is 18.2 Å². The number of nitrogens with two attached hydrogens (primary N) is 1. The van der Waals surface area contributed by atoms with Crippen LogP contribution in [0, 0.1) is 5.92 Å². The monoisotopic (exact) mass is 266 g/mol. The van der Waals surface area contributed by atoms with E-state index in [0.717, 1.165) is 0 Å². The molecule has 1 atom stereocenters. The van der Waals surface area contributed by atoms with Crippen LogP contribution >= 0.6 is 0 Å². The zero-order valence-corrected chi connectivity index (χ0v) is 12.0. The molecular formula is C14H22N2O3. The third kappa shape index (κ3) is 3.38. The highest BCUT2D eigenvalue weighted by Gasteiger charge is 2.22. The molecule has 0 aromatic heterocycles. The highest BCUT2D eigenvalue weighted by atomic mass is 16.5. The van der Waals surface area contributed by atoms with E-state index in [0.29, 0.717) is 30.2 Å². The van der Waals surface area contributed by atoms with Crippen molar-refractivity contribution in [3.63, 3.8) is 0 Å². The Labute approximate surface area is 114 Å². The number of benzene rings is 1. The van der Waals surface area contributed by atoms with E-state index in [4.69, 9.17) is 15.2 Å². The molecule has 0 fully saturated rings. The van der Waals surface area contributed by atoms with Gasteiger partial charge < -0.3 is 20.1 Å². The van der Waals surface area contributed by atoms with Gasteiger partial charge in [-0.3, -0.25) is 4.79 Å². The lowest BCUT2D eigenvalue weighted by molar-refractivity contribution is -0.121. The van der Waals surface area contributed by atoms with Gasteiger partial charge in [0.15, 0.2) is 0 Å². The predicted molar refractivity (Wildman–Crippen MR) is 75.8 cm³/mol. The molecule has 0 saturated heterocycles. The molecule has 1 rings (SSSR count). The molecule has 0 saturated carbocycles. The summed E-state index contributed by atoms with van der Waals surface area (Å²) in [5, 5.41) is 0. The van der Waals surface area contributed by atoms with E-state index >= 15 is 0 Å². The number of nitrogens with zero attached hydrogens (tertiary/aromatic N) is 1. The molecule has 1 aromatic rings. The normalized spacial score (nSPS) is 11.8. The van der Waals surface area contributed by atoms with Crippen LogP contribution < -0.4 is 20.1 Å². The second kappa shape index (κ2) is 6.99. The number of amides is 1. The molecule has 0 bridgehead atoms. The SMILES string of the molecule is CCC(CN)C(=O)N(C)c1cc(OC)ccc1OC. The maximum atomic E-state index is 12.3. The van der Waals surface area contributed by atoms with Crippen molar-refractivity contribution in [2.45, 2.75) is 13.3 Å². The van der Waals surface area contributed by atoms with Gasteiger partial charge in [-0.15, -0.1) is 0 Å². The fourth-order valence-corrected chi connectivity index (χ4v) is 1.89. The first-order chi connectivity index (χ1) is 9.08. The van der Waals surface area contributed by atoms with Gasteiger partial charge in [-0.05, 0) is 18.6 Å². The summed E-state index contributed by atoms with van der Waals surface area (Å²) in [6.45, 7) is 2.29. The van der Waals surface area contributed by atoms with E-state index < -0.39 is 0 Å². The van der Waals surface area contributed by atoms with Crippen LogP contribution in [0.3, 0.4) is 0 Å². The van der Waals surface area contributed by atoms with Gasteiger partial charge in [0.1, 0.15) is 11.5 Å². The highest BCUT2D eigenvalue weighted by Crippen LogP contribution is 2.32. The van der Waals surface area contributed by atoms with Gasteiger partial charge in [0.05, 0.1) is 25.8 Å². The third-order valence-corrected chi connectivity index (χ3v) is 3.20. The maximum Gasteiger partial charge on any atom is 0.231 e. The number of carbonyl (C=O) groups excluding carboxylic acids is 1. The van der Waals surface area contributed by atoms with Crippen LogP contribution in [0.2, 0.25) is 0 Å². The Morgan fingerprint density at radius 2 is 2.05 bits per heavy atom. The van der Waals surface area contributed by atoms with E-state index in [9.17, 15) is 4.79 Å². The van der Waals surface area contributed by atoms with Crippen molar-refractivity contribution in [1.29, 1.82) is 0 Å². The molecule has 1 aromatic carbocycles. The first-order valence-electron chi connectivity index (χ1n) is 6.28. The minimum Gasteiger partial charge on any atom is -0.497 e. The number of rotatable bonds is 6. The number of ether oxygens (including phenoxy) is 2. The van der Waals surface area contributed by atoms with Crippen molar-refractivity contribution >= 4 is 11.6 Å². The number of hydrogen-bond acceptors (Lipinski definition) is 4. The Kier molecular flexibility index (Phi) is 5.63. The molecule has 0 aliphatic heterocycles. The van der Waals surface area contributed by atoms with Crippen LogP contribution in [-0.4, -0.2) is 33.7 Å². The molecule has 5 heteroatoms. The molecule has 1 unspecified atom stereocenters. The lowest BCUT2D eigenvalue weighted by Gasteiger charge is -2.24. The van der Waals surface area contributed by atoms with Crippen molar-refractivity contribution < 1.29 is 14.3 Å². The topological polar surface area (TPSA) is 64.8 Å². The second-order valence-electron chi connectivity index (χ2n) is 4.28. The summed E-state index contributed by atoms with van der Waals surface area (Å²) in [5.74, 6) is 1.11. The molecule has 0 spiro atoms. The number of methoxy groups -OCH3 is 2. The Bertz CT molecular complexity index is 431. The van der Waals surface area contributed by atoms with Gasteiger partial charge in [0.2, 0.25) is 5.91 Å². The predicted octanol–water partition coefficient (Wildman–Crippen LogP) is 1.65. The van der Waals surface area contributed by atoms with Crippen molar-refractivity contribution in [2.75, 3.05) is 32.7 Å². The van der Waals surface area contributed by atoms with Gasteiger partial charge in [0, 0.05) is 19.7 Å². The molecule has 0 aliphatic carbocycles. The number of hydrogen-bond donors (Lipinski definition) is 1. The van der Waals surface area contributed by atoms with E-state index in [-0.39, 0.29) is 11.8 Å². The van der Waals surface area contributed by atoms with Crippen LogP contribution in [0.5, 0.6) is 11.5 Å². The fourth-order valence-electron chi connectivity index (χ4n) is 1.89. The minimum atomic E-state index is -0.180. The highest BCUT2D eigenvalue weighted by molar-refractivity contribution is 5.96. The summed E-state index contributed by atoms with van der Waals surface area (Å²) in [5.41, 5.74) is 6.30. The smallest absolute Gasteiger partial charge is 0.231 e. The standard InChI is InChI=1S/C14H22N2O3/c1-5-10(9-15)14(17)16(2)12-8-11(18-3)6-7-13(12)19-4/h6-8,10H,5,9,15H2,1-4H3. The summed E-state index contributed by atoms with van der Waals surface area (Å²) in [7, 11) is 4.88. The van der Waals surface area contributed by atoms with E-state index in [1.165, 1.54) is 0 Å². The molecule has 0 aliphatic rings. The summed E-state index contributed by atoms with van der Waals surface area (Å²) in [6.07, 6.45) is 0.714. The first kappa shape index (κ1) is 15.3. The van der Waals surface area contributed by atoms with Crippen LogP contribution in [-0.2, 0) is 4.79 Å². The van der Waals surface area contributed by atoms with Crippen molar-refractivity contribution in [2.24, 2.45) is 11.7 Å². The lowest BCUT2D eigenvalue weighted by atomic mass is 10.1. The van der Waals surface area contributed by atoms with Gasteiger partial charge in [-0.25, -0.2) is 0 Å². The summed E-state index contributed by atoms with van der Waals surface area (Å²) in [6, 6.07) is 5.35. The Morgan fingerprint density at radius 3 is 2.53 bits per heavy atom. The zero-order chi connectivity index (χ0) is 14.4. The molecule has 5 nitrogen and oxygen atoms in total. The molecule has 106 valence electrons. The molecule has 0 heterocycles. The average molecular weight is 266 g/mol. The number of carbonyl (C=O) groups is 1. The van der Waals surface area contributed by atoms with Gasteiger partial charge in [-0.2, -0.15) is 0 Å². The van der Waals surface area contributed by atoms with Crippen LogP contribution in [0.1, 0.15) is 13.3 Å². The average Bonchev–Trinajstić information content (AvgIpc) is 2.46. The zero-order valence-electron chi connectivity index (χ0n) is 12.0.